The summed E-state index contributed by atoms with van der Waals surface area (Å²) in [4.78, 5) is 137. The molecule has 3 heterocycles. The van der Waals surface area contributed by atoms with Crippen molar-refractivity contribution in [1.82, 2.24) is 35.1 Å². The van der Waals surface area contributed by atoms with Gasteiger partial charge >= 0.3 is 11.9 Å². The van der Waals surface area contributed by atoms with Crippen LogP contribution in [0, 0.1) is 47.3 Å². The Hall–Kier alpha value is -5.21. The van der Waals surface area contributed by atoms with Gasteiger partial charge in [0.1, 0.15) is 48.4 Å². The van der Waals surface area contributed by atoms with Crippen molar-refractivity contribution in [3.63, 3.8) is 0 Å². The monoisotopic (exact) mass is 984 g/mol. The zero-order valence-electron chi connectivity index (χ0n) is 45.0. The first-order valence-electron chi connectivity index (χ1n) is 25.4. The molecule has 3 fully saturated rings. The van der Waals surface area contributed by atoms with E-state index in [9.17, 15) is 43.2 Å². The molecule has 18 heteroatoms. The molecule has 3 aliphatic heterocycles. The zero-order chi connectivity index (χ0) is 53.3. The van der Waals surface area contributed by atoms with Gasteiger partial charge in [0.25, 0.3) is 5.91 Å². The zero-order valence-corrected chi connectivity index (χ0v) is 45.0. The van der Waals surface area contributed by atoms with Crippen molar-refractivity contribution < 1.29 is 52.6 Å². The SMILES string of the molecule is C#CCCC[C@H]1OC(=O)C(C(C)C)NC(=O)[C@@H]2CCCN2C(=O)[C@@H]2CCCN2C(=O)C(C(C)C)OC(=O)[C@H](C(C)C)N(C)C(=O)C(C(C)C)N(C)C(=O)[C@H](C)N(C)C(=O)[C@H]([C@@H](C)CC)NC(=O)C1(C)C. The molecule has 0 saturated carbocycles. The number of likely N-dealkylation sites (N-methyl/N-ethyl adjacent to an activating group) is 3. The average Bonchev–Trinajstić information content (AvgIpc) is 4.00. The van der Waals surface area contributed by atoms with Crippen molar-refractivity contribution in [3.05, 3.63) is 0 Å². The third-order valence-corrected chi connectivity index (χ3v) is 14.7. The molecule has 0 radical (unpaired) electrons. The van der Waals surface area contributed by atoms with Crippen molar-refractivity contribution in [2.45, 2.75) is 196 Å². The van der Waals surface area contributed by atoms with E-state index < -0.39 is 143 Å². The van der Waals surface area contributed by atoms with E-state index in [0.717, 1.165) is 0 Å². The predicted molar refractivity (Wildman–Crippen MR) is 264 cm³/mol. The second-order valence-electron chi connectivity index (χ2n) is 21.7. The summed E-state index contributed by atoms with van der Waals surface area (Å²) in [5.41, 5.74) is -1.45. The number of esters is 2. The number of nitrogens with one attached hydrogen (secondary N) is 2. The van der Waals surface area contributed by atoms with E-state index >= 15 is 0 Å². The Kier molecular flexibility index (Phi) is 21.3. The molecule has 0 spiro atoms. The first-order chi connectivity index (χ1) is 32.6. The van der Waals surface area contributed by atoms with Gasteiger partial charge in [0.15, 0.2) is 6.10 Å². The van der Waals surface area contributed by atoms with E-state index in [-0.39, 0.29) is 19.5 Å². The van der Waals surface area contributed by atoms with Gasteiger partial charge < -0.3 is 44.6 Å². The predicted octanol–water partition coefficient (Wildman–Crippen LogP) is 3.78. The average molecular weight is 984 g/mol. The number of ether oxygens (including phenoxy) is 2. The summed E-state index contributed by atoms with van der Waals surface area (Å²) in [6.07, 6.45) is 6.17. The lowest BCUT2D eigenvalue weighted by Crippen LogP contribution is -2.61. The van der Waals surface area contributed by atoms with Crippen LogP contribution in [-0.2, 0) is 52.6 Å². The smallest absolute Gasteiger partial charge is 0.329 e. The van der Waals surface area contributed by atoms with E-state index in [0.29, 0.717) is 44.9 Å². The van der Waals surface area contributed by atoms with Crippen LogP contribution in [0.15, 0.2) is 0 Å². The maximum atomic E-state index is 14.6. The van der Waals surface area contributed by atoms with Crippen molar-refractivity contribution in [1.29, 1.82) is 0 Å². The molecule has 10 atom stereocenters. The Morgan fingerprint density at radius 2 is 1.19 bits per heavy atom. The van der Waals surface area contributed by atoms with Gasteiger partial charge in [-0.15, -0.1) is 12.3 Å². The number of cyclic esters (lactones) is 2. The second-order valence-corrected chi connectivity index (χ2v) is 21.7. The van der Waals surface area contributed by atoms with Crippen molar-refractivity contribution in [2.75, 3.05) is 34.2 Å². The van der Waals surface area contributed by atoms with Crippen molar-refractivity contribution in [3.8, 4) is 12.3 Å². The molecule has 3 unspecified atom stereocenters. The van der Waals surface area contributed by atoms with Gasteiger partial charge in [-0.1, -0.05) is 75.7 Å². The summed E-state index contributed by atoms with van der Waals surface area (Å²) in [7, 11) is 4.37. The maximum absolute atomic E-state index is 14.6. The van der Waals surface area contributed by atoms with Crippen LogP contribution in [0.2, 0.25) is 0 Å². The normalized spacial score (nSPS) is 29.4. The van der Waals surface area contributed by atoms with E-state index in [1.54, 1.807) is 76.2 Å². The Labute approximate surface area is 417 Å². The highest BCUT2D eigenvalue weighted by Crippen LogP contribution is 2.32. The molecule has 70 heavy (non-hydrogen) atoms. The first-order valence-corrected chi connectivity index (χ1v) is 25.4. The van der Waals surface area contributed by atoms with Gasteiger partial charge in [-0.25, -0.2) is 9.59 Å². The molecule has 3 aliphatic rings. The van der Waals surface area contributed by atoms with Crippen LogP contribution >= 0.6 is 0 Å². The summed E-state index contributed by atoms with van der Waals surface area (Å²) in [5, 5.41) is 5.77. The number of terminal acetylenes is 1. The van der Waals surface area contributed by atoms with E-state index in [2.05, 4.69) is 16.6 Å². The standard InChI is InChI=1S/C52H85N7O11/c1-18-20-21-26-37-52(13,14)51(68)54-39(33(11)19-2)46(63)55(15)34(12)44(61)56(16)40(30(5)6)47(64)57(17)41(31(7)8)50(67)70-42(32(9)10)48(65)59-28-23-25-36(59)45(62)58-27-22-24-35(58)43(60)53-38(29(3)4)49(66)69-37/h1,29-42H,19-28H2,2-17H3,(H,53,60)(H,54,68)/t33-,34-,35-,36-,37+,38?,39-,40?,41-,42?/m0/s1. The molecular weight excluding hydrogens is 899 g/mol. The fourth-order valence-corrected chi connectivity index (χ4v) is 9.81. The number of unbranched alkanes of at least 4 members (excludes halogenated alkanes) is 1. The summed E-state index contributed by atoms with van der Waals surface area (Å²) < 4.78 is 12.2. The lowest BCUT2D eigenvalue weighted by Gasteiger charge is -2.40. The molecule has 394 valence electrons. The largest absolute Gasteiger partial charge is 0.460 e. The molecule has 0 aromatic rings. The van der Waals surface area contributed by atoms with Gasteiger partial charge in [0.05, 0.1) is 5.41 Å². The van der Waals surface area contributed by atoms with Crippen LogP contribution in [0.3, 0.4) is 0 Å². The summed E-state index contributed by atoms with van der Waals surface area (Å²) in [5.74, 6) is -5.36. The second kappa shape index (κ2) is 25.3. The molecule has 3 saturated heterocycles. The molecule has 0 aromatic heterocycles. The Bertz CT molecular complexity index is 1960. The number of rotatable bonds is 9. The molecule has 2 N–H and O–H groups in total. The van der Waals surface area contributed by atoms with Crippen molar-refractivity contribution >= 4 is 53.3 Å². The van der Waals surface area contributed by atoms with Gasteiger partial charge in [0, 0.05) is 40.7 Å². The Morgan fingerprint density at radius 1 is 0.643 bits per heavy atom. The van der Waals surface area contributed by atoms with E-state index in [4.69, 9.17) is 15.9 Å². The van der Waals surface area contributed by atoms with Gasteiger partial charge in [-0.05, 0) is 88.9 Å². The fraction of sp³-hybridized carbons (Fsp3) is 0.788. The van der Waals surface area contributed by atoms with Crippen LogP contribution in [0.4, 0.5) is 0 Å². The summed E-state index contributed by atoms with van der Waals surface area (Å²) >= 11 is 0. The van der Waals surface area contributed by atoms with Crippen LogP contribution in [0.25, 0.3) is 0 Å². The molecule has 7 amide bonds. The van der Waals surface area contributed by atoms with E-state index in [1.807, 2.05) is 6.92 Å². The molecule has 0 bridgehead atoms. The number of hydrogen-bond acceptors (Lipinski definition) is 11. The summed E-state index contributed by atoms with van der Waals surface area (Å²) in [6.45, 7) is 22.8. The molecule has 18 nitrogen and oxygen atoms in total. The molecule has 0 aliphatic carbocycles. The van der Waals surface area contributed by atoms with Crippen molar-refractivity contribution in [2.24, 2.45) is 35.0 Å². The number of nitrogens with zero attached hydrogens (tertiary/aromatic N) is 5. The number of hydrogen-bond donors (Lipinski definition) is 2. The highest BCUT2D eigenvalue weighted by atomic mass is 16.6. The van der Waals surface area contributed by atoms with E-state index in [1.165, 1.54) is 52.6 Å². The van der Waals surface area contributed by atoms with Crippen LogP contribution < -0.4 is 10.6 Å². The Morgan fingerprint density at radius 3 is 1.70 bits per heavy atom. The Balaban J connectivity index is 2.22. The van der Waals surface area contributed by atoms with Crippen LogP contribution in [0.1, 0.15) is 141 Å². The minimum Gasteiger partial charge on any atom is -0.460 e. The molecular formula is C52H85N7O11. The number of carbonyl (C=O) groups is 9. The molecule has 3 rings (SSSR count). The minimum absolute atomic E-state index is 0.177. The third kappa shape index (κ3) is 13.4. The topological polar surface area (TPSA) is 212 Å². The van der Waals surface area contributed by atoms with Crippen LogP contribution in [-0.4, -0.2) is 167 Å². The summed E-state index contributed by atoms with van der Waals surface area (Å²) in [6, 6.07) is -7.63. The lowest BCUT2D eigenvalue weighted by atomic mass is 9.81. The first kappa shape index (κ1) is 59.1. The quantitative estimate of drug-likeness (QED) is 0.193. The lowest BCUT2D eigenvalue weighted by molar-refractivity contribution is -0.172. The molecule has 0 aromatic carbocycles. The number of fused-ring (bicyclic) bond motifs is 2. The van der Waals surface area contributed by atoms with Crippen LogP contribution in [0.5, 0.6) is 0 Å². The van der Waals surface area contributed by atoms with Gasteiger partial charge in [-0.2, -0.15) is 0 Å². The highest BCUT2D eigenvalue weighted by molar-refractivity contribution is 5.97. The maximum Gasteiger partial charge on any atom is 0.329 e. The third-order valence-electron chi connectivity index (χ3n) is 14.7. The highest BCUT2D eigenvalue weighted by Gasteiger charge is 2.48. The fourth-order valence-electron chi connectivity index (χ4n) is 9.81. The van der Waals surface area contributed by atoms with Gasteiger partial charge in [0.2, 0.25) is 35.4 Å². The number of amides is 7. The van der Waals surface area contributed by atoms with Gasteiger partial charge in [-0.3, -0.25) is 33.6 Å². The minimum atomic E-state index is -1.45. The number of carbonyl (C=O) groups excluding carboxylic acids is 9.